The van der Waals surface area contributed by atoms with E-state index < -0.39 is 56.6 Å². The van der Waals surface area contributed by atoms with Gasteiger partial charge in [-0.3, -0.25) is 0 Å². The summed E-state index contributed by atoms with van der Waals surface area (Å²) >= 11 is -4.48. The van der Waals surface area contributed by atoms with Crippen molar-refractivity contribution < 1.29 is 28.0 Å². The van der Waals surface area contributed by atoms with Crippen LogP contribution in [-0.2, 0) is 30.9 Å². The second kappa shape index (κ2) is 11.2. The van der Waals surface area contributed by atoms with Gasteiger partial charge in [-0.2, -0.15) is 0 Å². The summed E-state index contributed by atoms with van der Waals surface area (Å²) in [4.78, 5) is 0. The molecule has 1 heterocycles. The van der Waals surface area contributed by atoms with Gasteiger partial charge in [-0.05, 0) is 0 Å². The van der Waals surface area contributed by atoms with E-state index in [-0.39, 0.29) is 5.21 Å². The average molecular weight is 505 g/mol. The van der Waals surface area contributed by atoms with E-state index in [9.17, 15) is 20.6 Å². The molecule has 0 aliphatic carbocycles. The van der Waals surface area contributed by atoms with Gasteiger partial charge in [0.2, 0.25) is 0 Å². The monoisotopic (exact) mass is 504 g/mol. The molecular formula is C18H37AsO7S2. The molecule has 1 fully saturated rings. The van der Waals surface area contributed by atoms with Crippen LogP contribution in [0.15, 0.2) is 24.3 Å². The Morgan fingerprint density at radius 2 is 1.25 bits per heavy atom. The molecule has 0 bridgehead atoms. The van der Waals surface area contributed by atoms with E-state index in [1.165, 1.54) is 19.9 Å². The summed E-state index contributed by atoms with van der Waals surface area (Å²) in [7, 11) is -7.06. The third kappa shape index (κ3) is 8.99. The molecule has 0 radical (unpaired) electrons. The SMILES string of the molecule is C=C/C(=C\C)C[As]1(=O)OC(C)(CS(C)(=O)=O)C(C)(CS(C)(=O)=O)O1.CC.CC. The second-order valence-electron chi connectivity index (χ2n) is 6.62. The predicted octanol–water partition coefficient (Wildman–Crippen LogP) is 3.19. The van der Waals surface area contributed by atoms with Crippen LogP contribution >= 0.6 is 0 Å². The number of sulfone groups is 2. The van der Waals surface area contributed by atoms with E-state index in [4.69, 9.17) is 7.45 Å². The third-order valence-electron chi connectivity index (χ3n) is 3.88. The van der Waals surface area contributed by atoms with E-state index >= 15 is 0 Å². The van der Waals surface area contributed by atoms with E-state index in [0.29, 0.717) is 5.57 Å². The smallest absolute Gasteiger partial charge is 0.0683 e. The van der Waals surface area contributed by atoms with Crippen molar-refractivity contribution >= 4 is 33.8 Å². The zero-order chi connectivity index (χ0) is 23.0. The topological polar surface area (TPSA) is 104 Å². The van der Waals surface area contributed by atoms with Crippen LogP contribution in [0.1, 0.15) is 48.5 Å². The van der Waals surface area contributed by atoms with E-state index in [0.717, 1.165) is 12.5 Å². The summed E-state index contributed by atoms with van der Waals surface area (Å²) in [6, 6.07) is 0. The maximum atomic E-state index is 13.1. The molecule has 0 amide bonds. The minimum atomic E-state index is -4.48. The van der Waals surface area contributed by atoms with Crippen LogP contribution < -0.4 is 0 Å². The maximum Gasteiger partial charge on any atom is -0.0683 e. The zero-order valence-electron chi connectivity index (χ0n) is 18.6. The maximum absolute atomic E-state index is 13.1. The molecule has 2 atom stereocenters. The summed E-state index contributed by atoms with van der Waals surface area (Å²) < 4.78 is 71.6. The Labute approximate surface area is 174 Å². The first kappa shape index (κ1) is 29.9. The molecule has 0 aromatic heterocycles. The van der Waals surface area contributed by atoms with Crippen molar-refractivity contribution in [3.63, 3.8) is 0 Å². The number of allylic oxidation sites excluding steroid dienone is 3. The van der Waals surface area contributed by atoms with E-state index in [2.05, 4.69) is 6.58 Å². The summed E-state index contributed by atoms with van der Waals surface area (Å²) in [5.41, 5.74) is -2.43. The van der Waals surface area contributed by atoms with Crippen molar-refractivity contribution in [1.82, 2.24) is 0 Å². The fraction of sp³-hybridized carbons (Fsp3) is 0.778. The Bertz CT molecular complexity index is 748. The molecule has 1 aliphatic heterocycles. The first-order valence-electron chi connectivity index (χ1n) is 9.21. The minimum absolute atomic E-state index is 0.0447. The van der Waals surface area contributed by atoms with Crippen LogP contribution in [0.5, 0.6) is 0 Å². The largest absolute Gasteiger partial charge is 0.0683 e. The van der Waals surface area contributed by atoms with Gasteiger partial charge < -0.3 is 0 Å². The van der Waals surface area contributed by atoms with Gasteiger partial charge >= 0.3 is 147 Å². The van der Waals surface area contributed by atoms with Crippen LogP contribution in [0.25, 0.3) is 0 Å². The van der Waals surface area contributed by atoms with Crippen LogP contribution in [0.2, 0.25) is 5.21 Å². The standard InChI is InChI=1S/C14H25AsO7S2.2C2H6/c1-7-12(8-2)9-15(16)21-13(3,10-23(5,17)18)14(4,22-15)11-24(6,19)20;2*1-2/h7-8H,1,9-11H2,2-6H3;2*1-2H3/b12-8+;;. The fourth-order valence-electron chi connectivity index (χ4n) is 2.75. The molecule has 1 saturated heterocycles. The molecule has 1 rings (SSSR count). The van der Waals surface area contributed by atoms with Crippen LogP contribution in [0, 0.1) is 0 Å². The molecule has 0 N–H and O–H groups in total. The minimum Gasteiger partial charge on any atom is -0.0683 e. The first-order valence-corrected chi connectivity index (χ1v) is 17.0. The summed E-state index contributed by atoms with van der Waals surface area (Å²) in [6.45, 7) is 16.2. The van der Waals surface area contributed by atoms with Crippen molar-refractivity contribution in [3.8, 4) is 0 Å². The Hall–Kier alpha value is -0.342. The number of hydrogen-bond donors (Lipinski definition) is 0. The van der Waals surface area contributed by atoms with Gasteiger partial charge in [0.25, 0.3) is 0 Å². The van der Waals surface area contributed by atoms with Gasteiger partial charge in [0, 0.05) is 0 Å². The number of hydrogen-bond acceptors (Lipinski definition) is 7. The van der Waals surface area contributed by atoms with Crippen molar-refractivity contribution in [2.45, 2.75) is 64.9 Å². The molecule has 0 spiro atoms. The van der Waals surface area contributed by atoms with E-state index in [1.54, 1.807) is 13.0 Å². The molecule has 0 aromatic carbocycles. The summed E-state index contributed by atoms with van der Waals surface area (Å²) in [6.07, 6.45) is 5.23. The third-order valence-corrected chi connectivity index (χ3v) is 10.5. The Morgan fingerprint density at radius 3 is 1.46 bits per heavy atom. The van der Waals surface area contributed by atoms with E-state index in [1.807, 2.05) is 27.7 Å². The van der Waals surface area contributed by atoms with Gasteiger partial charge in [0.15, 0.2) is 0 Å². The second-order valence-corrected chi connectivity index (χ2v) is 14.9. The molecule has 1 aliphatic rings. The van der Waals surface area contributed by atoms with Gasteiger partial charge in [-0.1, -0.05) is 27.7 Å². The zero-order valence-corrected chi connectivity index (χ0v) is 22.1. The first-order chi connectivity index (χ1) is 12.6. The van der Waals surface area contributed by atoms with Crippen LogP contribution in [0.3, 0.4) is 0 Å². The molecule has 10 heteroatoms. The summed E-state index contributed by atoms with van der Waals surface area (Å²) in [5.74, 6) is -0.979. The Morgan fingerprint density at radius 1 is 0.929 bits per heavy atom. The fourth-order valence-corrected chi connectivity index (χ4v) is 11.5. The van der Waals surface area contributed by atoms with Crippen molar-refractivity contribution in [2.24, 2.45) is 0 Å². The van der Waals surface area contributed by atoms with Crippen molar-refractivity contribution in [3.05, 3.63) is 24.3 Å². The molecule has 2 unspecified atom stereocenters. The summed E-state index contributed by atoms with van der Waals surface area (Å²) in [5, 5.41) is -0.0447. The van der Waals surface area contributed by atoms with Crippen LogP contribution in [-0.4, -0.2) is 66.2 Å². The van der Waals surface area contributed by atoms with Crippen molar-refractivity contribution in [2.75, 3.05) is 24.0 Å². The van der Waals surface area contributed by atoms with Gasteiger partial charge in [0.1, 0.15) is 0 Å². The molecular weight excluding hydrogens is 467 g/mol. The van der Waals surface area contributed by atoms with Crippen molar-refractivity contribution in [1.29, 1.82) is 0 Å². The quantitative estimate of drug-likeness (QED) is 0.387. The Balaban J connectivity index is 0. The van der Waals surface area contributed by atoms with Crippen LogP contribution in [0.4, 0.5) is 0 Å². The van der Waals surface area contributed by atoms with Gasteiger partial charge in [0.05, 0.1) is 0 Å². The molecule has 168 valence electrons. The number of rotatable bonds is 7. The van der Waals surface area contributed by atoms with Gasteiger partial charge in [-0.15, -0.1) is 0 Å². The molecule has 0 aromatic rings. The molecule has 7 nitrogen and oxygen atoms in total. The normalized spacial score (nSPS) is 30.5. The predicted molar refractivity (Wildman–Crippen MR) is 116 cm³/mol. The average Bonchev–Trinajstić information content (AvgIpc) is 2.70. The molecule has 0 saturated carbocycles. The Kier molecular flexibility index (Phi) is 11.9. The van der Waals surface area contributed by atoms with Gasteiger partial charge in [-0.25, -0.2) is 0 Å². The molecule has 28 heavy (non-hydrogen) atoms.